The lowest BCUT2D eigenvalue weighted by Crippen LogP contribution is -2.62. The van der Waals surface area contributed by atoms with Gasteiger partial charge in [0.1, 0.15) is 0 Å². The highest BCUT2D eigenvalue weighted by atomic mass is 79.9. The molecule has 8 bridgehead atoms. The fraction of sp³-hybridized carbons (Fsp3) is 0.938. The van der Waals surface area contributed by atoms with Gasteiger partial charge < -0.3 is 5.73 Å². The van der Waals surface area contributed by atoms with Gasteiger partial charge in [-0.1, -0.05) is 15.9 Å². The lowest BCUT2D eigenvalue weighted by atomic mass is 9.36. The molecule has 3 heteroatoms. The molecule has 7 saturated carbocycles. The number of alkyl halides is 1. The SMILES string of the molecule is C1C2CC3C4CC5CC(C14)C(C2)C3C5.NC(=O)CBr. The van der Waals surface area contributed by atoms with Gasteiger partial charge >= 0.3 is 0 Å². The van der Waals surface area contributed by atoms with Gasteiger partial charge in [-0.25, -0.2) is 0 Å². The Morgan fingerprint density at radius 3 is 1.16 bits per heavy atom. The van der Waals surface area contributed by atoms with Crippen LogP contribution in [0.1, 0.15) is 38.5 Å². The van der Waals surface area contributed by atoms with Crippen LogP contribution in [0.4, 0.5) is 0 Å². The number of hydrogen-bond acceptors (Lipinski definition) is 1. The fourth-order valence-electron chi connectivity index (χ4n) is 6.89. The molecule has 7 aliphatic carbocycles. The first-order valence-electron chi connectivity index (χ1n) is 8.01. The molecule has 0 aromatic rings. The first-order chi connectivity index (χ1) is 9.17. The van der Waals surface area contributed by atoms with E-state index in [4.69, 9.17) is 0 Å². The zero-order valence-electron chi connectivity index (χ0n) is 11.4. The van der Waals surface area contributed by atoms with Gasteiger partial charge in [0, 0.05) is 0 Å². The lowest BCUT2D eigenvalue weighted by molar-refractivity contribution is -0.202. The van der Waals surface area contributed by atoms with Crippen LogP contribution in [0.15, 0.2) is 0 Å². The first kappa shape index (κ1) is 12.7. The predicted molar refractivity (Wildman–Crippen MR) is 78.6 cm³/mol. The van der Waals surface area contributed by atoms with Crippen molar-refractivity contribution in [2.24, 2.45) is 53.1 Å². The molecular formula is C16H24BrNO. The fourth-order valence-corrected chi connectivity index (χ4v) is 6.89. The van der Waals surface area contributed by atoms with Gasteiger partial charge in [0.15, 0.2) is 0 Å². The van der Waals surface area contributed by atoms with E-state index in [9.17, 15) is 4.79 Å². The average Bonchev–Trinajstić information content (AvgIpc) is 2.44. The van der Waals surface area contributed by atoms with Crippen molar-refractivity contribution in [3.8, 4) is 0 Å². The van der Waals surface area contributed by atoms with E-state index in [1.165, 1.54) is 47.3 Å². The topological polar surface area (TPSA) is 43.1 Å². The number of amides is 1. The second kappa shape index (κ2) is 4.47. The minimum atomic E-state index is -0.329. The molecule has 0 radical (unpaired) electrons. The Labute approximate surface area is 124 Å². The Morgan fingerprint density at radius 2 is 1.00 bits per heavy atom. The number of primary amides is 1. The van der Waals surface area contributed by atoms with Gasteiger partial charge in [-0.2, -0.15) is 0 Å². The predicted octanol–water partition coefficient (Wildman–Crippen LogP) is 3.19. The lowest BCUT2D eigenvalue weighted by Gasteiger charge is -2.69. The minimum absolute atomic E-state index is 0.257. The highest BCUT2D eigenvalue weighted by Crippen LogP contribution is 2.71. The monoisotopic (exact) mass is 325 g/mol. The summed E-state index contributed by atoms with van der Waals surface area (Å²) in [6, 6.07) is 0. The molecular weight excluding hydrogens is 302 g/mol. The molecule has 0 saturated heterocycles. The number of carbonyl (C=O) groups is 1. The van der Waals surface area contributed by atoms with Crippen molar-refractivity contribution < 1.29 is 4.79 Å². The van der Waals surface area contributed by atoms with Gasteiger partial charge in [-0.05, 0) is 85.9 Å². The van der Waals surface area contributed by atoms with Gasteiger partial charge in [0.25, 0.3) is 0 Å². The van der Waals surface area contributed by atoms with E-state index < -0.39 is 0 Å². The van der Waals surface area contributed by atoms with E-state index in [0.29, 0.717) is 0 Å². The van der Waals surface area contributed by atoms with E-state index in [1.807, 2.05) is 0 Å². The average molecular weight is 326 g/mol. The summed E-state index contributed by atoms with van der Waals surface area (Å²) in [7, 11) is 0. The molecule has 0 heterocycles. The summed E-state index contributed by atoms with van der Waals surface area (Å²) in [6.07, 6.45) is 9.93. The molecule has 2 N–H and O–H groups in total. The number of nitrogens with two attached hydrogens (primary N) is 1. The van der Waals surface area contributed by atoms with Crippen molar-refractivity contribution in [1.82, 2.24) is 0 Å². The smallest absolute Gasteiger partial charge is 0.228 e. The Balaban J connectivity index is 0.000000171. The largest absolute Gasteiger partial charge is 0.369 e. The van der Waals surface area contributed by atoms with E-state index in [-0.39, 0.29) is 11.2 Å². The number of halogens is 1. The maximum atomic E-state index is 9.54. The molecule has 7 aliphatic rings. The maximum absolute atomic E-state index is 9.54. The summed E-state index contributed by atoms with van der Waals surface area (Å²) in [5.41, 5.74) is 4.61. The van der Waals surface area contributed by atoms with Gasteiger partial charge in [-0.15, -0.1) is 0 Å². The molecule has 0 unspecified atom stereocenters. The van der Waals surface area contributed by atoms with Crippen molar-refractivity contribution in [2.75, 3.05) is 5.33 Å². The molecule has 7 rings (SSSR count). The quantitative estimate of drug-likeness (QED) is 0.739. The second-order valence-corrected chi connectivity index (χ2v) is 8.29. The Hall–Kier alpha value is -0.0500. The van der Waals surface area contributed by atoms with Crippen LogP contribution in [0.2, 0.25) is 0 Å². The van der Waals surface area contributed by atoms with Crippen LogP contribution in [0, 0.1) is 47.3 Å². The van der Waals surface area contributed by atoms with E-state index in [2.05, 4.69) is 21.7 Å². The van der Waals surface area contributed by atoms with Crippen molar-refractivity contribution in [2.45, 2.75) is 38.5 Å². The Morgan fingerprint density at radius 1 is 0.789 bits per heavy atom. The standard InChI is InChI=1S/C14H20.C2H4BrNO/c1-7-2-12-10-4-8-5-11(9(1)10)13(3-7)14(12)6-8;3-1-2(4)5/h7-14H,1-6H2;1H2,(H2,4,5). The van der Waals surface area contributed by atoms with Crippen LogP contribution in [0.5, 0.6) is 0 Å². The Kier molecular flexibility index (Phi) is 2.98. The molecule has 0 aliphatic heterocycles. The van der Waals surface area contributed by atoms with Crippen molar-refractivity contribution >= 4 is 21.8 Å². The first-order valence-corrected chi connectivity index (χ1v) is 9.13. The third-order valence-corrected chi connectivity index (χ3v) is 7.62. The summed E-state index contributed by atoms with van der Waals surface area (Å²) in [5.74, 6) is 9.41. The summed E-state index contributed by atoms with van der Waals surface area (Å²) >= 11 is 2.84. The maximum Gasteiger partial charge on any atom is 0.228 e. The Bertz CT molecular complexity index is 309. The van der Waals surface area contributed by atoms with Gasteiger partial charge in [-0.3, -0.25) is 4.79 Å². The normalized spacial score (nSPS) is 55.0. The second-order valence-electron chi connectivity index (χ2n) is 7.73. The summed E-state index contributed by atoms with van der Waals surface area (Å²) in [5, 5.41) is 0.257. The van der Waals surface area contributed by atoms with Crippen LogP contribution in [-0.4, -0.2) is 11.2 Å². The minimum Gasteiger partial charge on any atom is -0.369 e. The molecule has 0 atom stereocenters. The van der Waals surface area contributed by atoms with Crippen LogP contribution in [0.25, 0.3) is 0 Å². The number of carbonyl (C=O) groups excluding carboxylic acids is 1. The molecule has 0 aromatic heterocycles. The van der Waals surface area contributed by atoms with Crippen LogP contribution in [0.3, 0.4) is 0 Å². The summed E-state index contributed by atoms with van der Waals surface area (Å²) in [6.45, 7) is 0. The zero-order chi connectivity index (χ0) is 13.1. The van der Waals surface area contributed by atoms with Crippen LogP contribution >= 0.6 is 15.9 Å². The molecule has 1 amide bonds. The zero-order valence-corrected chi connectivity index (χ0v) is 13.0. The molecule has 2 nitrogen and oxygen atoms in total. The molecule has 19 heavy (non-hydrogen) atoms. The van der Waals surface area contributed by atoms with E-state index >= 15 is 0 Å². The number of hydrogen-bond donors (Lipinski definition) is 1. The van der Waals surface area contributed by atoms with Gasteiger partial charge in [0.2, 0.25) is 5.91 Å². The molecule has 7 fully saturated rings. The third-order valence-electron chi connectivity index (χ3n) is 7.06. The summed E-state index contributed by atoms with van der Waals surface area (Å²) < 4.78 is 0. The molecule has 0 aromatic carbocycles. The number of rotatable bonds is 1. The highest BCUT2D eigenvalue weighted by molar-refractivity contribution is 9.09. The van der Waals surface area contributed by atoms with Crippen LogP contribution < -0.4 is 5.73 Å². The van der Waals surface area contributed by atoms with Crippen LogP contribution in [-0.2, 0) is 4.79 Å². The molecule has 0 spiro atoms. The van der Waals surface area contributed by atoms with E-state index in [1.54, 1.807) is 38.5 Å². The summed E-state index contributed by atoms with van der Waals surface area (Å²) in [4.78, 5) is 9.54. The third kappa shape index (κ3) is 1.83. The van der Waals surface area contributed by atoms with Crippen molar-refractivity contribution in [1.29, 1.82) is 0 Å². The van der Waals surface area contributed by atoms with Crippen molar-refractivity contribution in [3.63, 3.8) is 0 Å². The molecule has 106 valence electrons. The van der Waals surface area contributed by atoms with Gasteiger partial charge in [0.05, 0.1) is 5.33 Å². The van der Waals surface area contributed by atoms with Crippen molar-refractivity contribution in [3.05, 3.63) is 0 Å². The van der Waals surface area contributed by atoms with E-state index in [0.717, 1.165) is 0 Å². The highest BCUT2D eigenvalue weighted by Gasteiger charge is 2.63.